The molecule has 0 saturated carbocycles. The maximum absolute atomic E-state index is 10.5. The number of carbonyl (C=O) groups is 3. The van der Waals surface area contributed by atoms with E-state index in [1.165, 1.54) is 6.92 Å². The van der Waals surface area contributed by atoms with Crippen molar-refractivity contribution < 1.29 is 46.8 Å². The molecule has 0 amide bonds. The molecule has 0 unspecified atom stereocenters. The van der Waals surface area contributed by atoms with Gasteiger partial charge in [0.2, 0.25) is 0 Å². The van der Waals surface area contributed by atoms with Gasteiger partial charge in [0, 0.05) is 17.1 Å². The summed E-state index contributed by atoms with van der Waals surface area (Å²) in [5.74, 6) is -5.52. The minimum absolute atomic E-state index is 0. The van der Waals surface area contributed by atoms with Gasteiger partial charge >= 0.3 is 17.9 Å². The molecule has 81 valence electrons. The van der Waals surface area contributed by atoms with Crippen molar-refractivity contribution in [2.45, 2.75) is 19.8 Å². The maximum atomic E-state index is 10.5. The molecule has 0 aromatic carbocycles. The van der Waals surface area contributed by atoms with E-state index in [1.807, 2.05) is 0 Å². The quantitative estimate of drug-likeness (QED) is 0.465. The number of carboxylic acid groups (broad SMARTS) is 3. The van der Waals surface area contributed by atoms with Gasteiger partial charge in [-0.2, -0.15) is 0 Å². The van der Waals surface area contributed by atoms with E-state index in [0.29, 0.717) is 0 Å². The Morgan fingerprint density at radius 3 is 1.36 bits per heavy atom. The summed E-state index contributed by atoms with van der Waals surface area (Å²) in [6.07, 6.45) is -0.252. The van der Waals surface area contributed by atoms with Gasteiger partial charge in [-0.25, -0.2) is 0 Å². The molecule has 0 fully saturated rings. The third-order valence-corrected chi connectivity index (χ3v) is 1.72. The first-order valence-corrected chi connectivity index (χ1v) is 3.59. The molecule has 6 nitrogen and oxygen atoms in total. The van der Waals surface area contributed by atoms with Crippen LogP contribution in [0.4, 0.5) is 0 Å². The third kappa shape index (κ3) is 2.46. The van der Waals surface area contributed by atoms with Crippen LogP contribution in [0.2, 0.25) is 0 Å². The van der Waals surface area contributed by atoms with Gasteiger partial charge < -0.3 is 15.3 Å². The topological polar surface area (TPSA) is 112 Å². The standard InChI is InChI=1S/C7H10O6.Mn/c1-2-3-7(4(8)9,5(10)11)6(12)13;/h2-3H2,1H3,(H,8,9)(H,10,11)(H,12,13);. The van der Waals surface area contributed by atoms with Crippen molar-refractivity contribution in [2.75, 3.05) is 0 Å². The molecule has 0 atom stereocenters. The molecule has 0 rings (SSSR count). The summed E-state index contributed by atoms with van der Waals surface area (Å²) >= 11 is 0. The Morgan fingerprint density at radius 2 is 1.29 bits per heavy atom. The molecule has 0 bridgehead atoms. The second kappa shape index (κ2) is 5.62. The minimum atomic E-state index is -2.70. The van der Waals surface area contributed by atoms with Crippen LogP contribution in [0, 0.1) is 5.41 Å². The van der Waals surface area contributed by atoms with Gasteiger partial charge in [0.15, 0.2) is 0 Å². The van der Waals surface area contributed by atoms with Gasteiger partial charge in [0.25, 0.3) is 5.41 Å². The summed E-state index contributed by atoms with van der Waals surface area (Å²) in [4.78, 5) is 31.6. The summed E-state index contributed by atoms with van der Waals surface area (Å²) < 4.78 is 0. The van der Waals surface area contributed by atoms with Crippen LogP contribution in [-0.4, -0.2) is 33.2 Å². The van der Waals surface area contributed by atoms with E-state index in [4.69, 9.17) is 15.3 Å². The summed E-state index contributed by atoms with van der Waals surface area (Å²) in [7, 11) is 0. The molecule has 3 N–H and O–H groups in total. The van der Waals surface area contributed by atoms with Gasteiger partial charge in [-0.3, -0.25) is 14.4 Å². The van der Waals surface area contributed by atoms with Gasteiger partial charge in [0.05, 0.1) is 0 Å². The van der Waals surface area contributed by atoms with Crippen LogP contribution >= 0.6 is 0 Å². The third-order valence-electron chi connectivity index (χ3n) is 1.72. The van der Waals surface area contributed by atoms with Crippen molar-refractivity contribution in [3.8, 4) is 0 Å². The van der Waals surface area contributed by atoms with Gasteiger partial charge in [0.1, 0.15) is 0 Å². The molecule has 7 heteroatoms. The predicted octanol–water partition coefficient (Wildman–Crippen LogP) is 0.0242. The number of hydrogen-bond acceptors (Lipinski definition) is 3. The largest absolute Gasteiger partial charge is 0.480 e. The van der Waals surface area contributed by atoms with Gasteiger partial charge in [-0.15, -0.1) is 0 Å². The first-order valence-electron chi connectivity index (χ1n) is 3.59. The maximum Gasteiger partial charge on any atom is 0.332 e. The second-order valence-electron chi connectivity index (χ2n) is 2.57. The Bertz CT molecular complexity index is 213. The van der Waals surface area contributed by atoms with E-state index in [2.05, 4.69) is 0 Å². The first-order chi connectivity index (χ1) is 5.89. The normalized spacial score (nSPS) is 10.1. The molecule has 0 aromatic heterocycles. The minimum Gasteiger partial charge on any atom is -0.480 e. The van der Waals surface area contributed by atoms with Gasteiger partial charge in [-0.1, -0.05) is 13.3 Å². The Morgan fingerprint density at radius 1 is 1.00 bits per heavy atom. The predicted molar refractivity (Wildman–Crippen MR) is 40.2 cm³/mol. The smallest absolute Gasteiger partial charge is 0.332 e. The van der Waals surface area contributed by atoms with E-state index < -0.39 is 29.7 Å². The monoisotopic (exact) mass is 245 g/mol. The van der Waals surface area contributed by atoms with E-state index in [1.54, 1.807) is 0 Å². The van der Waals surface area contributed by atoms with Crippen LogP contribution < -0.4 is 0 Å². The SMILES string of the molecule is CCCC(C(=O)O)(C(=O)O)C(=O)O.[Mn]. The van der Waals surface area contributed by atoms with Crippen molar-refractivity contribution in [3.05, 3.63) is 0 Å². The van der Waals surface area contributed by atoms with E-state index >= 15 is 0 Å². The zero-order valence-electron chi connectivity index (χ0n) is 7.36. The van der Waals surface area contributed by atoms with Crippen LogP contribution in [0.3, 0.4) is 0 Å². The van der Waals surface area contributed by atoms with Crippen LogP contribution in [0.25, 0.3) is 0 Å². The fourth-order valence-electron chi connectivity index (χ4n) is 0.970. The Balaban J connectivity index is 0. The summed E-state index contributed by atoms with van der Waals surface area (Å²) in [5.41, 5.74) is -2.70. The average Bonchev–Trinajstić information content (AvgIpc) is 1.97. The summed E-state index contributed by atoms with van der Waals surface area (Å²) in [5, 5.41) is 25.6. The number of aliphatic carboxylic acids is 3. The molecular formula is C7H10MnO6. The van der Waals surface area contributed by atoms with Crippen LogP contribution in [-0.2, 0) is 31.5 Å². The number of carboxylic acids is 3. The molecule has 14 heavy (non-hydrogen) atoms. The Hall–Kier alpha value is -1.07. The van der Waals surface area contributed by atoms with Crippen molar-refractivity contribution in [3.63, 3.8) is 0 Å². The van der Waals surface area contributed by atoms with E-state index in [9.17, 15) is 14.4 Å². The molecule has 0 aliphatic heterocycles. The van der Waals surface area contributed by atoms with E-state index in [0.717, 1.165) is 0 Å². The molecule has 0 heterocycles. The summed E-state index contributed by atoms with van der Waals surface area (Å²) in [6, 6.07) is 0. The molecule has 0 aliphatic carbocycles. The van der Waals surface area contributed by atoms with Gasteiger partial charge in [-0.05, 0) is 6.42 Å². The summed E-state index contributed by atoms with van der Waals surface area (Å²) in [6.45, 7) is 1.52. The zero-order chi connectivity index (χ0) is 10.6. The van der Waals surface area contributed by atoms with Crippen LogP contribution in [0.15, 0.2) is 0 Å². The van der Waals surface area contributed by atoms with Crippen molar-refractivity contribution in [1.82, 2.24) is 0 Å². The van der Waals surface area contributed by atoms with Crippen molar-refractivity contribution >= 4 is 17.9 Å². The zero-order valence-corrected chi connectivity index (χ0v) is 8.54. The number of hydrogen-bond donors (Lipinski definition) is 3. The van der Waals surface area contributed by atoms with E-state index in [-0.39, 0.29) is 23.5 Å². The van der Waals surface area contributed by atoms with Crippen LogP contribution in [0.1, 0.15) is 19.8 Å². The molecule has 0 aromatic rings. The molecule has 0 aliphatic rings. The van der Waals surface area contributed by atoms with Crippen LogP contribution in [0.5, 0.6) is 0 Å². The average molecular weight is 245 g/mol. The molecule has 1 radical (unpaired) electrons. The number of rotatable bonds is 5. The Labute approximate surface area is 90.4 Å². The molecule has 0 spiro atoms. The van der Waals surface area contributed by atoms with Crippen molar-refractivity contribution in [2.24, 2.45) is 5.41 Å². The first kappa shape index (κ1) is 15.4. The second-order valence-corrected chi connectivity index (χ2v) is 2.57. The Kier molecular flexibility index (Phi) is 6.18. The molecule has 0 saturated heterocycles. The fraction of sp³-hybridized carbons (Fsp3) is 0.571. The molecular weight excluding hydrogens is 235 g/mol. The fourth-order valence-corrected chi connectivity index (χ4v) is 0.970. The van der Waals surface area contributed by atoms with Crippen molar-refractivity contribution in [1.29, 1.82) is 0 Å².